The molecule has 1 N–H and O–H groups in total. The van der Waals surface area contributed by atoms with Gasteiger partial charge in [0.2, 0.25) is 0 Å². The highest BCUT2D eigenvalue weighted by atomic mass is 35.5. The van der Waals surface area contributed by atoms with Crippen LogP contribution in [0.25, 0.3) is 16.9 Å². The Morgan fingerprint density at radius 3 is 2.48 bits per heavy atom. The molecular formula is C16H9ClF2N2O2. The van der Waals surface area contributed by atoms with Gasteiger partial charge in [-0.15, -0.1) is 0 Å². The fraction of sp³-hybridized carbons (Fsp3) is 0. The van der Waals surface area contributed by atoms with Crippen LogP contribution in [0, 0.1) is 11.6 Å². The van der Waals surface area contributed by atoms with Gasteiger partial charge >= 0.3 is 5.97 Å². The van der Waals surface area contributed by atoms with Crippen LogP contribution < -0.4 is 0 Å². The summed E-state index contributed by atoms with van der Waals surface area (Å²) in [6.07, 6.45) is 0. The zero-order valence-electron chi connectivity index (χ0n) is 11.5. The van der Waals surface area contributed by atoms with Crippen LogP contribution in [0.5, 0.6) is 0 Å². The predicted molar refractivity (Wildman–Crippen MR) is 80.9 cm³/mol. The number of rotatable bonds is 3. The number of benzene rings is 2. The van der Waals surface area contributed by atoms with Gasteiger partial charge in [0.15, 0.2) is 5.69 Å². The Balaban J connectivity index is 2.35. The third kappa shape index (κ3) is 2.68. The summed E-state index contributed by atoms with van der Waals surface area (Å²) in [5.74, 6) is -2.76. The Hall–Kier alpha value is -2.73. The lowest BCUT2D eigenvalue weighted by Gasteiger charge is -2.09. The minimum absolute atomic E-state index is 0.0210. The van der Waals surface area contributed by atoms with Crippen LogP contribution in [0.15, 0.2) is 48.5 Å². The van der Waals surface area contributed by atoms with Crippen molar-refractivity contribution in [2.45, 2.75) is 0 Å². The largest absolute Gasteiger partial charge is 0.476 e. The minimum atomic E-state index is -1.36. The quantitative estimate of drug-likeness (QED) is 0.782. The Bertz CT molecular complexity index is 895. The van der Waals surface area contributed by atoms with Crippen LogP contribution in [-0.4, -0.2) is 20.9 Å². The van der Waals surface area contributed by atoms with E-state index < -0.39 is 23.3 Å². The maximum absolute atomic E-state index is 14.1. The van der Waals surface area contributed by atoms with E-state index in [9.17, 15) is 18.7 Å². The Kier molecular flexibility index (Phi) is 3.83. The van der Waals surface area contributed by atoms with Gasteiger partial charge in [0.1, 0.15) is 16.7 Å². The van der Waals surface area contributed by atoms with Crippen molar-refractivity contribution in [3.8, 4) is 16.9 Å². The Labute approximate surface area is 134 Å². The highest BCUT2D eigenvalue weighted by Crippen LogP contribution is 2.34. The van der Waals surface area contributed by atoms with Crippen molar-refractivity contribution in [1.29, 1.82) is 0 Å². The summed E-state index contributed by atoms with van der Waals surface area (Å²) in [5, 5.41) is 12.9. The highest BCUT2D eigenvalue weighted by molar-refractivity contribution is 6.35. The second kappa shape index (κ2) is 5.81. The van der Waals surface area contributed by atoms with Crippen molar-refractivity contribution in [3.63, 3.8) is 0 Å². The summed E-state index contributed by atoms with van der Waals surface area (Å²) in [5.41, 5.74) is -0.152. The van der Waals surface area contributed by atoms with Crippen LogP contribution in [-0.2, 0) is 0 Å². The van der Waals surface area contributed by atoms with Gasteiger partial charge in [-0.3, -0.25) is 0 Å². The van der Waals surface area contributed by atoms with Gasteiger partial charge in [-0.25, -0.2) is 18.3 Å². The molecule has 0 radical (unpaired) electrons. The number of para-hydroxylation sites is 1. The van der Waals surface area contributed by atoms with Crippen LogP contribution in [0.4, 0.5) is 8.78 Å². The van der Waals surface area contributed by atoms with E-state index in [-0.39, 0.29) is 16.3 Å². The monoisotopic (exact) mass is 334 g/mol. The van der Waals surface area contributed by atoms with E-state index in [0.717, 1.165) is 18.2 Å². The smallest absolute Gasteiger partial charge is 0.358 e. The maximum Gasteiger partial charge on any atom is 0.358 e. The molecule has 2 aromatic carbocycles. The summed E-state index contributed by atoms with van der Waals surface area (Å²) in [6, 6.07) is 11.3. The molecule has 0 saturated heterocycles. The highest BCUT2D eigenvalue weighted by Gasteiger charge is 2.25. The number of aromatic nitrogens is 2. The Morgan fingerprint density at radius 1 is 1.13 bits per heavy atom. The fourth-order valence-electron chi connectivity index (χ4n) is 2.20. The summed E-state index contributed by atoms with van der Waals surface area (Å²) in [7, 11) is 0. The molecule has 7 heteroatoms. The molecule has 116 valence electrons. The molecule has 23 heavy (non-hydrogen) atoms. The molecule has 0 aliphatic heterocycles. The van der Waals surface area contributed by atoms with Crippen molar-refractivity contribution in [2.75, 3.05) is 0 Å². The van der Waals surface area contributed by atoms with Gasteiger partial charge in [0.25, 0.3) is 0 Å². The number of aromatic carboxylic acids is 1. The zero-order chi connectivity index (χ0) is 16.6. The number of carboxylic acid groups (broad SMARTS) is 1. The molecule has 0 aliphatic carbocycles. The topological polar surface area (TPSA) is 55.1 Å². The molecule has 1 aromatic heterocycles. The molecule has 3 aromatic rings. The van der Waals surface area contributed by atoms with Gasteiger partial charge in [-0.2, -0.15) is 5.10 Å². The lowest BCUT2D eigenvalue weighted by molar-refractivity contribution is 0.0690. The second-order valence-corrected chi connectivity index (χ2v) is 5.07. The summed E-state index contributed by atoms with van der Waals surface area (Å²) in [6.45, 7) is 0. The fourth-order valence-corrected chi connectivity index (χ4v) is 2.50. The number of carbonyl (C=O) groups is 1. The summed E-state index contributed by atoms with van der Waals surface area (Å²) in [4.78, 5) is 11.3. The molecule has 0 amide bonds. The molecular weight excluding hydrogens is 326 g/mol. The normalized spacial score (nSPS) is 10.7. The first-order valence-electron chi connectivity index (χ1n) is 6.51. The van der Waals surface area contributed by atoms with Crippen LogP contribution in [0.3, 0.4) is 0 Å². The van der Waals surface area contributed by atoms with E-state index in [1.54, 1.807) is 30.3 Å². The third-order valence-corrected chi connectivity index (χ3v) is 3.57. The first kappa shape index (κ1) is 15.2. The van der Waals surface area contributed by atoms with Gasteiger partial charge in [-0.05, 0) is 30.3 Å². The van der Waals surface area contributed by atoms with Crippen LogP contribution >= 0.6 is 11.6 Å². The molecule has 0 aliphatic rings. The average molecular weight is 335 g/mol. The first-order valence-corrected chi connectivity index (χ1v) is 6.89. The molecule has 0 atom stereocenters. The molecule has 1 heterocycles. The molecule has 0 spiro atoms. The second-order valence-electron chi connectivity index (χ2n) is 4.69. The number of hydrogen-bond donors (Lipinski definition) is 1. The van der Waals surface area contributed by atoms with Crippen molar-refractivity contribution < 1.29 is 18.7 Å². The summed E-state index contributed by atoms with van der Waals surface area (Å²) < 4.78 is 28.8. The average Bonchev–Trinajstić information content (AvgIpc) is 2.88. The Morgan fingerprint density at radius 2 is 1.83 bits per heavy atom. The van der Waals surface area contributed by atoms with Crippen LogP contribution in [0.2, 0.25) is 5.02 Å². The number of carboxylic acids is 1. The van der Waals surface area contributed by atoms with Crippen LogP contribution in [0.1, 0.15) is 10.5 Å². The van der Waals surface area contributed by atoms with E-state index in [4.69, 9.17) is 11.6 Å². The predicted octanol–water partition coefficient (Wildman–Crippen LogP) is 4.17. The number of halogens is 3. The third-order valence-electron chi connectivity index (χ3n) is 3.21. The molecule has 4 nitrogen and oxygen atoms in total. The van der Waals surface area contributed by atoms with Crippen molar-refractivity contribution in [1.82, 2.24) is 9.78 Å². The van der Waals surface area contributed by atoms with E-state index in [0.29, 0.717) is 5.69 Å². The minimum Gasteiger partial charge on any atom is -0.476 e. The van der Waals surface area contributed by atoms with E-state index in [2.05, 4.69) is 5.10 Å². The van der Waals surface area contributed by atoms with E-state index >= 15 is 0 Å². The van der Waals surface area contributed by atoms with Gasteiger partial charge < -0.3 is 5.11 Å². The molecule has 0 saturated carbocycles. The van der Waals surface area contributed by atoms with E-state index in [1.807, 2.05) is 0 Å². The van der Waals surface area contributed by atoms with Crippen molar-refractivity contribution >= 4 is 17.6 Å². The molecule has 0 bridgehead atoms. The van der Waals surface area contributed by atoms with Crippen molar-refractivity contribution in [2.24, 2.45) is 0 Å². The standard InChI is InChI=1S/C16H9ClF2N2O2/c17-13-14(16(22)23)20-21(10-4-2-1-3-5-10)15(13)11-8-9(18)6-7-12(11)19/h1-8H,(H,22,23). The molecule has 0 fully saturated rings. The van der Waals surface area contributed by atoms with Gasteiger partial charge in [-0.1, -0.05) is 29.8 Å². The van der Waals surface area contributed by atoms with Gasteiger partial charge in [0, 0.05) is 5.56 Å². The number of hydrogen-bond acceptors (Lipinski definition) is 2. The number of nitrogens with zero attached hydrogens (tertiary/aromatic N) is 2. The zero-order valence-corrected chi connectivity index (χ0v) is 12.3. The van der Waals surface area contributed by atoms with Crippen molar-refractivity contribution in [3.05, 3.63) is 70.9 Å². The van der Waals surface area contributed by atoms with Gasteiger partial charge in [0.05, 0.1) is 11.4 Å². The molecule has 3 rings (SSSR count). The lowest BCUT2D eigenvalue weighted by Crippen LogP contribution is -2.02. The molecule has 0 unspecified atom stereocenters. The first-order chi connectivity index (χ1) is 11.0. The van der Waals surface area contributed by atoms with E-state index in [1.165, 1.54) is 4.68 Å². The summed E-state index contributed by atoms with van der Waals surface area (Å²) >= 11 is 6.08. The lowest BCUT2D eigenvalue weighted by atomic mass is 10.1. The SMILES string of the molecule is O=C(O)c1nn(-c2ccccc2)c(-c2cc(F)ccc2F)c1Cl. The maximum atomic E-state index is 14.1.